The maximum atomic E-state index is 13.1. The lowest BCUT2D eigenvalue weighted by molar-refractivity contribution is 0.255. The number of hydrogen-bond acceptors (Lipinski definition) is 4. The highest BCUT2D eigenvalue weighted by molar-refractivity contribution is 7.89. The summed E-state index contributed by atoms with van der Waals surface area (Å²) in [5.74, 6) is -0.217. The molecule has 0 spiro atoms. The Bertz CT molecular complexity index is 937. The minimum absolute atomic E-state index is 0.217. The summed E-state index contributed by atoms with van der Waals surface area (Å²) < 4.78 is 41.1. The zero-order valence-electron chi connectivity index (χ0n) is 17.4. The topological polar surface area (TPSA) is 52.7 Å². The lowest BCUT2D eigenvalue weighted by Gasteiger charge is -2.36. The maximum Gasteiger partial charge on any atom is 0.240 e. The van der Waals surface area contributed by atoms with Crippen LogP contribution in [0, 0.1) is 26.6 Å². The first-order valence-electron chi connectivity index (χ1n) is 10.1. The Labute approximate surface area is 173 Å². The van der Waals surface area contributed by atoms with Gasteiger partial charge in [0.05, 0.1) is 4.90 Å². The van der Waals surface area contributed by atoms with E-state index in [0.717, 1.165) is 61.5 Å². The highest BCUT2D eigenvalue weighted by Gasteiger charge is 2.19. The molecule has 158 valence electrons. The third-order valence-electron chi connectivity index (χ3n) is 5.59. The summed E-state index contributed by atoms with van der Waals surface area (Å²) >= 11 is 0. The van der Waals surface area contributed by atoms with E-state index in [1.165, 1.54) is 12.1 Å². The number of halogens is 1. The van der Waals surface area contributed by atoms with Gasteiger partial charge in [0.2, 0.25) is 10.0 Å². The summed E-state index contributed by atoms with van der Waals surface area (Å²) in [5.41, 5.74) is 3.90. The molecule has 3 rings (SSSR count). The van der Waals surface area contributed by atoms with Crippen LogP contribution < -0.4 is 9.62 Å². The van der Waals surface area contributed by atoms with E-state index < -0.39 is 10.0 Å². The van der Waals surface area contributed by atoms with E-state index in [1.54, 1.807) is 6.07 Å². The maximum absolute atomic E-state index is 13.1. The predicted octanol–water partition coefficient (Wildman–Crippen LogP) is 3.24. The second-order valence-corrected chi connectivity index (χ2v) is 9.49. The summed E-state index contributed by atoms with van der Waals surface area (Å²) in [6, 6.07) is 10.3. The Morgan fingerprint density at radius 3 is 2.21 bits per heavy atom. The summed E-state index contributed by atoms with van der Waals surface area (Å²) in [5, 5.41) is 0. The van der Waals surface area contributed by atoms with E-state index in [1.807, 2.05) is 39.0 Å². The Morgan fingerprint density at radius 2 is 1.55 bits per heavy atom. The van der Waals surface area contributed by atoms with E-state index in [9.17, 15) is 12.8 Å². The van der Waals surface area contributed by atoms with Crippen LogP contribution in [0.25, 0.3) is 0 Å². The van der Waals surface area contributed by atoms with Crippen LogP contribution in [0.2, 0.25) is 0 Å². The van der Waals surface area contributed by atoms with Gasteiger partial charge in [0, 0.05) is 38.4 Å². The van der Waals surface area contributed by atoms with Gasteiger partial charge in [-0.05, 0) is 80.8 Å². The van der Waals surface area contributed by atoms with Crippen molar-refractivity contribution >= 4 is 15.7 Å². The molecule has 1 aliphatic rings. The van der Waals surface area contributed by atoms with E-state index in [4.69, 9.17) is 0 Å². The minimum Gasteiger partial charge on any atom is -0.369 e. The molecule has 0 bridgehead atoms. The second kappa shape index (κ2) is 9.24. The molecule has 29 heavy (non-hydrogen) atoms. The molecule has 0 aromatic heterocycles. The van der Waals surface area contributed by atoms with Crippen LogP contribution in [0.4, 0.5) is 10.1 Å². The zero-order valence-corrected chi connectivity index (χ0v) is 18.2. The van der Waals surface area contributed by atoms with E-state index in [0.29, 0.717) is 11.4 Å². The molecule has 0 unspecified atom stereocenters. The van der Waals surface area contributed by atoms with Crippen molar-refractivity contribution in [2.45, 2.75) is 32.1 Å². The molecule has 7 heteroatoms. The quantitative estimate of drug-likeness (QED) is 0.700. The van der Waals surface area contributed by atoms with Crippen LogP contribution in [0.5, 0.6) is 0 Å². The van der Waals surface area contributed by atoms with Gasteiger partial charge in [-0.3, -0.25) is 4.90 Å². The summed E-state index contributed by atoms with van der Waals surface area (Å²) in [6.45, 7) is 10.6. The molecule has 1 aliphatic heterocycles. The van der Waals surface area contributed by atoms with Crippen molar-refractivity contribution in [1.82, 2.24) is 9.62 Å². The Kier molecular flexibility index (Phi) is 6.93. The fourth-order valence-electron chi connectivity index (χ4n) is 3.69. The first kappa shape index (κ1) is 21.7. The molecule has 5 nitrogen and oxygen atoms in total. The van der Waals surface area contributed by atoms with Gasteiger partial charge in [-0.25, -0.2) is 17.5 Å². The molecule has 0 atom stereocenters. The Balaban J connectivity index is 1.44. The number of nitrogens with zero attached hydrogens (tertiary/aromatic N) is 2. The Morgan fingerprint density at radius 1 is 0.931 bits per heavy atom. The van der Waals surface area contributed by atoms with Gasteiger partial charge in [0.1, 0.15) is 5.82 Å². The summed E-state index contributed by atoms with van der Waals surface area (Å²) in [6.07, 6.45) is 0.764. The molecular weight excluding hydrogens is 389 g/mol. The summed E-state index contributed by atoms with van der Waals surface area (Å²) in [4.78, 5) is 4.96. The highest BCUT2D eigenvalue weighted by Crippen LogP contribution is 2.20. The van der Waals surface area contributed by atoms with Gasteiger partial charge in [-0.1, -0.05) is 6.07 Å². The molecule has 2 aromatic rings. The Hall–Kier alpha value is -1.96. The van der Waals surface area contributed by atoms with Gasteiger partial charge in [0.25, 0.3) is 0 Å². The van der Waals surface area contributed by atoms with Crippen LogP contribution in [-0.4, -0.2) is 52.6 Å². The van der Waals surface area contributed by atoms with E-state index >= 15 is 0 Å². The highest BCUT2D eigenvalue weighted by atomic mass is 32.2. The lowest BCUT2D eigenvalue weighted by atomic mass is 10.1. The molecule has 0 amide bonds. The largest absolute Gasteiger partial charge is 0.369 e. The van der Waals surface area contributed by atoms with Gasteiger partial charge < -0.3 is 4.90 Å². The van der Waals surface area contributed by atoms with Crippen molar-refractivity contribution in [3.8, 4) is 0 Å². The number of benzene rings is 2. The number of aryl methyl sites for hydroxylation is 3. The molecule has 0 saturated carbocycles. The van der Waals surface area contributed by atoms with E-state index in [-0.39, 0.29) is 5.82 Å². The normalized spacial score (nSPS) is 15.7. The number of rotatable bonds is 7. The number of anilines is 1. The van der Waals surface area contributed by atoms with Crippen molar-refractivity contribution in [2.24, 2.45) is 0 Å². The number of nitrogens with one attached hydrogen (secondary N) is 1. The third-order valence-corrected chi connectivity index (χ3v) is 7.19. The fraction of sp³-hybridized carbons (Fsp3) is 0.455. The summed E-state index contributed by atoms with van der Waals surface area (Å²) in [7, 11) is -3.49. The average Bonchev–Trinajstić information content (AvgIpc) is 2.69. The first-order valence-corrected chi connectivity index (χ1v) is 11.5. The van der Waals surface area contributed by atoms with Crippen molar-refractivity contribution in [3.05, 3.63) is 58.9 Å². The van der Waals surface area contributed by atoms with Crippen LogP contribution >= 0.6 is 0 Å². The second-order valence-electron chi connectivity index (χ2n) is 7.76. The fourth-order valence-corrected chi connectivity index (χ4v) is 5.08. The number of sulfonamides is 1. The molecule has 0 aliphatic carbocycles. The van der Waals surface area contributed by atoms with Crippen molar-refractivity contribution in [2.75, 3.05) is 44.2 Å². The van der Waals surface area contributed by atoms with Gasteiger partial charge in [-0.15, -0.1) is 0 Å². The van der Waals surface area contributed by atoms with Gasteiger partial charge in [-0.2, -0.15) is 0 Å². The SMILES string of the molecule is Cc1cc(C)c(S(=O)(=O)NCCCN2CCN(c3ccc(F)cc3)CC2)cc1C. The number of piperazine rings is 1. The van der Waals surface area contributed by atoms with E-state index in [2.05, 4.69) is 14.5 Å². The van der Waals surface area contributed by atoms with Crippen LogP contribution in [-0.2, 0) is 10.0 Å². The molecule has 1 N–H and O–H groups in total. The van der Waals surface area contributed by atoms with Crippen LogP contribution in [0.1, 0.15) is 23.1 Å². The lowest BCUT2D eigenvalue weighted by Crippen LogP contribution is -2.47. The zero-order chi connectivity index (χ0) is 21.0. The van der Waals surface area contributed by atoms with Gasteiger partial charge >= 0.3 is 0 Å². The van der Waals surface area contributed by atoms with Gasteiger partial charge in [0.15, 0.2) is 0 Å². The predicted molar refractivity (Wildman–Crippen MR) is 116 cm³/mol. The van der Waals surface area contributed by atoms with Crippen LogP contribution in [0.15, 0.2) is 41.3 Å². The third kappa shape index (κ3) is 5.56. The van der Waals surface area contributed by atoms with Crippen molar-refractivity contribution in [3.63, 3.8) is 0 Å². The molecule has 2 aromatic carbocycles. The molecular formula is C22H30FN3O2S. The molecule has 0 radical (unpaired) electrons. The molecule has 1 saturated heterocycles. The van der Waals surface area contributed by atoms with Crippen molar-refractivity contribution in [1.29, 1.82) is 0 Å². The van der Waals surface area contributed by atoms with Crippen LogP contribution in [0.3, 0.4) is 0 Å². The average molecular weight is 420 g/mol. The molecule has 1 heterocycles. The molecule has 1 fully saturated rings. The standard InChI is InChI=1S/C22H30FN3O2S/c1-17-15-19(3)22(16-18(17)2)29(27,28)24-9-4-10-25-11-13-26(14-12-25)21-7-5-20(23)6-8-21/h5-8,15-16,24H,4,9-14H2,1-3H3. The number of hydrogen-bond donors (Lipinski definition) is 1. The minimum atomic E-state index is -3.49. The smallest absolute Gasteiger partial charge is 0.240 e. The first-order chi connectivity index (χ1) is 13.8. The monoisotopic (exact) mass is 419 g/mol. The van der Waals surface area contributed by atoms with Crippen molar-refractivity contribution < 1.29 is 12.8 Å².